The van der Waals surface area contributed by atoms with Crippen LogP contribution >= 0.6 is 0 Å². The van der Waals surface area contributed by atoms with E-state index in [0.717, 1.165) is 6.42 Å². The third kappa shape index (κ3) is 2.22. The molecule has 14 heavy (non-hydrogen) atoms. The Kier molecular flexibility index (Phi) is 2.64. The monoisotopic (exact) mass is 210 g/mol. The molecule has 1 aliphatic rings. The third-order valence-corrected chi connectivity index (χ3v) is 2.89. The van der Waals surface area contributed by atoms with Gasteiger partial charge in [-0.05, 0) is 30.6 Å². The van der Waals surface area contributed by atoms with Gasteiger partial charge in [0.05, 0.1) is 0 Å². The molecule has 0 amide bonds. The second-order valence-corrected chi connectivity index (χ2v) is 5.38. The van der Waals surface area contributed by atoms with Gasteiger partial charge in [0.2, 0.25) is 0 Å². The van der Waals surface area contributed by atoms with Crippen LogP contribution in [0.1, 0.15) is 40.0 Å². The maximum absolute atomic E-state index is 12.6. The highest BCUT2D eigenvalue weighted by molar-refractivity contribution is 4.97. The lowest BCUT2D eigenvalue weighted by Crippen LogP contribution is -2.52. The summed E-state index contributed by atoms with van der Waals surface area (Å²) in [5, 5.41) is 9.59. The zero-order chi connectivity index (χ0) is 11.2. The first-order valence-electron chi connectivity index (χ1n) is 4.85. The molecule has 0 spiro atoms. The van der Waals surface area contributed by atoms with Crippen molar-refractivity contribution in [2.24, 2.45) is 11.3 Å². The fourth-order valence-electron chi connectivity index (χ4n) is 2.74. The number of aliphatic hydroxyl groups is 1. The summed E-state index contributed by atoms with van der Waals surface area (Å²) in [5.74, 6) is -0.0784. The van der Waals surface area contributed by atoms with Crippen molar-refractivity contribution in [3.63, 3.8) is 0 Å². The summed E-state index contributed by atoms with van der Waals surface area (Å²) in [5.41, 5.74) is -2.91. The molecule has 1 nitrogen and oxygen atoms in total. The number of halogens is 3. The van der Waals surface area contributed by atoms with Gasteiger partial charge in [0, 0.05) is 0 Å². The van der Waals surface area contributed by atoms with Crippen molar-refractivity contribution < 1.29 is 18.3 Å². The Balaban J connectivity index is 2.90. The average molecular weight is 210 g/mol. The van der Waals surface area contributed by atoms with Gasteiger partial charge in [-0.25, -0.2) is 0 Å². The lowest BCUT2D eigenvalue weighted by atomic mass is 9.65. The van der Waals surface area contributed by atoms with Crippen LogP contribution < -0.4 is 0 Å². The van der Waals surface area contributed by atoms with E-state index >= 15 is 0 Å². The number of hydrogen-bond donors (Lipinski definition) is 1. The Morgan fingerprint density at radius 3 is 2.07 bits per heavy atom. The normalized spacial score (nSPS) is 38.4. The van der Waals surface area contributed by atoms with E-state index in [4.69, 9.17) is 0 Å². The van der Waals surface area contributed by atoms with E-state index in [1.165, 1.54) is 0 Å². The molecule has 0 aromatic rings. The minimum Gasteiger partial charge on any atom is -0.380 e. The quantitative estimate of drug-likeness (QED) is 0.651. The minimum absolute atomic E-state index is 0.0784. The van der Waals surface area contributed by atoms with Gasteiger partial charge in [-0.1, -0.05) is 20.8 Å². The van der Waals surface area contributed by atoms with Crippen molar-refractivity contribution in [1.29, 1.82) is 0 Å². The van der Waals surface area contributed by atoms with Crippen LogP contribution in [-0.2, 0) is 0 Å². The van der Waals surface area contributed by atoms with Crippen molar-refractivity contribution in [2.75, 3.05) is 0 Å². The molecule has 1 rings (SSSR count). The highest BCUT2D eigenvalue weighted by atomic mass is 19.4. The molecular formula is C10H17F3O. The summed E-state index contributed by atoms with van der Waals surface area (Å²) in [6.45, 7) is 5.32. The molecule has 0 bridgehead atoms. The summed E-state index contributed by atoms with van der Waals surface area (Å²) >= 11 is 0. The van der Waals surface area contributed by atoms with Crippen LogP contribution in [0.15, 0.2) is 0 Å². The average Bonchev–Trinajstić information content (AvgIpc) is 1.76. The molecule has 84 valence electrons. The van der Waals surface area contributed by atoms with Crippen LogP contribution in [0, 0.1) is 11.3 Å². The second-order valence-electron chi connectivity index (χ2n) is 5.38. The molecule has 0 aliphatic heterocycles. The van der Waals surface area contributed by atoms with E-state index in [1.807, 2.05) is 0 Å². The van der Waals surface area contributed by atoms with Gasteiger partial charge < -0.3 is 5.11 Å². The Morgan fingerprint density at radius 1 is 1.21 bits per heavy atom. The summed E-state index contributed by atoms with van der Waals surface area (Å²) in [6.07, 6.45) is -4.11. The molecule has 2 atom stereocenters. The van der Waals surface area contributed by atoms with Crippen LogP contribution in [0.5, 0.6) is 0 Å². The lowest BCUT2D eigenvalue weighted by molar-refractivity contribution is -0.284. The molecule has 0 aromatic carbocycles. The lowest BCUT2D eigenvalue weighted by Gasteiger charge is -2.45. The van der Waals surface area contributed by atoms with Gasteiger partial charge in [0.25, 0.3) is 0 Å². The van der Waals surface area contributed by atoms with Crippen LogP contribution in [0.25, 0.3) is 0 Å². The molecular weight excluding hydrogens is 193 g/mol. The van der Waals surface area contributed by atoms with E-state index < -0.39 is 17.2 Å². The third-order valence-electron chi connectivity index (χ3n) is 2.89. The van der Waals surface area contributed by atoms with Crippen LogP contribution in [0.2, 0.25) is 0 Å². The molecule has 0 heterocycles. The Labute approximate surface area is 82.3 Å². The van der Waals surface area contributed by atoms with Gasteiger partial charge in [-0.2, -0.15) is 13.2 Å². The topological polar surface area (TPSA) is 20.2 Å². The first kappa shape index (κ1) is 11.8. The summed E-state index contributed by atoms with van der Waals surface area (Å²) < 4.78 is 37.8. The van der Waals surface area contributed by atoms with Crippen molar-refractivity contribution in [1.82, 2.24) is 0 Å². The molecule has 2 unspecified atom stereocenters. The molecule has 0 radical (unpaired) electrons. The fourth-order valence-corrected chi connectivity index (χ4v) is 2.74. The maximum atomic E-state index is 12.6. The second kappa shape index (κ2) is 3.12. The number of rotatable bonds is 0. The predicted octanol–water partition coefficient (Wildman–Crippen LogP) is 3.13. The van der Waals surface area contributed by atoms with Crippen LogP contribution in [-0.4, -0.2) is 16.9 Å². The van der Waals surface area contributed by atoms with E-state index in [9.17, 15) is 18.3 Å². The van der Waals surface area contributed by atoms with E-state index in [-0.39, 0.29) is 18.8 Å². The zero-order valence-electron chi connectivity index (χ0n) is 8.78. The Hall–Kier alpha value is -0.250. The minimum atomic E-state index is -4.50. The van der Waals surface area contributed by atoms with Gasteiger partial charge in [-0.3, -0.25) is 0 Å². The molecule has 1 saturated carbocycles. The first-order chi connectivity index (χ1) is 6.06. The highest BCUT2D eigenvalue weighted by Crippen LogP contribution is 2.50. The van der Waals surface area contributed by atoms with E-state index in [2.05, 4.69) is 0 Å². The fraction of sp³-hybridized carbons (Fsp3) is 1.00. The van der Waals surface area contributed by atoms with Crippen molar-refractivity contribution in [3.05, 3.63) is 0 Å². The summed E-state index contributed by atoms with van der Waals surface area (Å²) in [7, 11) is 0. The van der Waals surface area contributed by atoms with Gasteiger partial charge >= 0.3 is 6.18 Å². The Morgan fingerprint density at radius 2 is 1.71 bits per heavy atom. The maximum Gasteiger partial charge on any atom is 0.417 e. The van der Waals surface area contributed by atoms with Gasteiger partial charge in [-0.15, -0.1) is 0 Å². The standard InChI is InChI=1S/C10H17F3O/c1-7-4-8(2,3)6-9(14,5-7)10(11,12)13/h7,14H,4-6H2,1-3H3. The first-order valence-corrected chi connectivity index (χ1v) is 4.85. The van der Waals surface area contributed by atoms with Gasteiger partial charge in [0.15, 0.2) is 5.60 Å². The van der Waals surface area contributed by atoms with Crippen molar-refractivity contribution >= 4 is 0 Å². The van der Waals surface area contributed by atoms with Crippen LogP contribution in [0.3, 0.4) is 0 Å². The predicted molar refractivity (Wildman–Crippen MR) is 47.8 cm³/mol. The molecule has 1 N–H and O–H groups in total. The van der Waals surface area contributed by atoms with E-state index in [1.54, 1.807) is 20.8 Å². The number of alkyl halides is 3. The molecule has 0 saturated heterocycles. The Bertz CT molecular complexity index is 222. The zero-order valence-corrected chi connectivity index (χ0v) is 8.78. The van der Waals surface area contributed by atoms with Crippen molar-refractivity contribution in [3.8, 4) is 0 Å². The summed E-state index contributed by atoms with van der Waals surface area (Å²) in [6, 6.07) is 0. The largest absolute Gasteiger partial charge is 0.417 e. The molecule has 1 aliphatic carbocycles. The number of hydrogen-bond acceptors (Lipinski definition) is 1. The molecule has 1 fully saturated rings. The van der Waals surface area contributed by atoms with Crippen molar-refractivity contribution in [2.45, 2.75) is 51.8 Å². The van der Waals surface area contributed by atoms with E-state index in [0.29, 0.717) is 0 Å². The highest BCUT2D eigenvalue weighted by Gasteiger charge is 2.58. The molecule has 4 heteroatoms. The molecule has 0 aromatic heterocycles. The van der Waals surface area contributed by atoms with Crippen LogP contribution in [0.4, 0.5) is 13.2 Å². The smallest absolute Gasteiger partial charge is 0.380 e. The van der Waals surface area contributed by atoms with Gasteiger partial charge in [0.1, 0.15) is 0 Å². The summed E-state index contributed by atoms with van der Waals surface area (Å²) in [4.78, 5) is 0. The SMILES string of the molecule is CC1CC(C)(C)CC(O)(C(F)(F)F)C1.